The molecule has 0 amide bonds. The van der Waals surface area contributed by atoms with Crippen molar-refractivity contribution in [2.24, 2.45) is 4.99 Å². The Morgan fingerprint density at radius 2 is 1.93 bits per heavy atom. The molecule has 0 atom stereocenters. The van der Waals surface area contributed by atoms with E-state index >= 15 is 0 Å². The van der Waals surface area contributed by atoms with Crippen molar-refractivity contribution in [3.63, 3.8) is 0 Å². The van der Waals surface area contributed by atoms with E-state index in [9.17, 15) is 0 Å². The molecular formula is C21H38N6O2. The summed E-state index contributed by atoms with van der Waals surface area (Å²) < 4.78 is 10.4. The molecule has 0 aliphatic carbocycles. The van der Waals surface area contributed by atoms with Crippen molar-refractivity contribution in [2.75, 3.05) is 77.6 Å². The van der Waals surface area contributed by atoms with Crippen LogP contribution in [0.15, 0.2) is 23.3 Å². The smallest absolute Gasteiger partial charge is 0.191 e. The van der Waals surface area contributed by atoms with Gasteiger partial charge >= 0.3 is 0 Å². The highest BCUT2D eigenvalue weighted by molar-refractivity contribution is 5.79. The van der Waals surface area contributed by atoms with E-state index in [0.717, 1.165) is 69.6 Å². The van der Waals surface area contributed by atoms with Gasteiger partial charge in [-0.15, -0.1) is 0 Å². The van der Waals surface area contributed by atoms with Crippen molar-refractivity contribution in [1.82, 2.24) is 20.5 Å². The molecule has 8 heteroatoms. The number of rotatable bonds is 12. The number of anilines is 1. The van der Waals surface area contributed by atoms with Gasteiger partial charge in [-0.1, -0.05) is 13.0 Å². The Bertz CT molecular complexity index is 573. The molecule has 2 rings (SSSR count). The molecule has 1 aromatic heterocycles. The maximum absolute atomic E-state index is 5.48. The molecule has 0 saturated carbocycles. The van der Waals surface area contributed by atoms with Crippen LogP contribution >= 0.6 is 0 Å². The van der Waals surface area contributed by atoms with Gasteiger partial charge in [0.25, 0.3) is 0 Å². The maximum Gasteiger partial charge on any atom is 0.191 e. The number of hydrogen-bond acceptors (Lipinski definition) is 6. The lowest BCUT2D eigenvalue weighted by Gasteiger charge is -2.34. The first kappa shape index (κ1) is 23.4. The number of likely N-dealkylation sites (N-methyl/N-ethyl adjacent to an activating group) is 1. The van der Waals surface area contributed by atoms with Gasteiger partial charge in [0.05, 0.1) is 19.8 Å². The summed E-state index contributed by atoms with van der Waals surface area (Å²) in [6.07, 6.45) is 2.87. The number of guanidine groups is 1. The summed E-state index contributed by atoms with van der Waals surface area (Å²) in [5.74, 6) is 1.89. The van der Waals surface area contributed by atoms with Crippen molar-refractivity contribution in [1.29, 1.82) is 0 Å². The lowest BCUT2D eigenvalue weighted by atomic mass is 10.2. The van der Waals surface area contributed by atoms with Crippen LogP contribution < -0.4 is 15.5 Å². The average Bonchev–Trinajstić information content (AvgIpc) is 2.77. The maximum atomic E-state index is 5.48. The van der Waals surface area contributed by atoms with Gasteiger partial charge in [0, 0.05) is 59.2 Å². The number of aliphatic imine (C=N–C) groups is 1. The summed E-state index contributed by atoms with van der Waals surface area (Å²) in [7, 11) is 1.68. The number of aromatic nitrogens is 1. The van der Waals surface area contributed by atoms with Gasteiger partial charge in [0.2, 0.25) is 0 Å². The van der Waals surface area contributed by atoms with E-state index < -0.39 is 0 Å². The lowest BCUT2D eigenvalue weighted by Crippen LogP contribution is -2.46. The molecule has 1 fully saturated rings. The molecule has 164 valence electrons. The minimum absolute atomic E-state index is 0.608. The Balaban J connectivity index is 1.75. The van der Waals surface area contributed by atoms with Gasteiger partial charge < -0.3 is 29.9 Å². The number of pyridine rings is 1. The molecule has 1 aromatic rings. The molecule has 0 bridgehead atoms. The van der Waals surface area contributed by atoms with E-state index in [1.165, 1.54) is 0 Å². The minimum Gasteiger partial charge on any atom is -0.382 e. The lowest BCUT2D eigenvalue weighted by molar-refractivity contribution is 0.0698. The summed E-state index contributed by atoms with van der Waals surface area (Å²) in [6, 6.07) is 4.25. The van der Waals surface area contributed by atoms with Crippen molar-refractivity contribution < 1.29 is 9.47 Å². The molecule has 2 heterocycles. The topological polar surface area (TPSA) is 74.3 Å². The highest BCUT2D eigenvalue weighted by Gasteiger charge is 2.16. The van der Waals surface area contributed by atoms with E-state index in [1.807, 2.05) is 6.20 Å². The zero-order chi connectivity index (χ0) is 20.7. The first-order chi connectivity index (χ1) is 14.3. The second-order valence-electron chi connectivity index (χ2n) is 7.03. The van der Waals surface area contributed by atoms with Crippen LogP contribution in [0.5, 0.6) is 0 Å². The summed E-state index contributed by atoms with van der Waals surface area (Å²) in [4.78, 5) is 14.2. The van der Waals surface area contributed by atoms with Gasteiger partial charge in [0.1, 0.15) is 5.82 Å². The summed E-state index contributed by atoms with van der Waals surface area (Å²) in [6.45, 7) is 14.0. The molecule has 0 spiro atoms. The van der Waals surface area contributed by atoms with Crippen LogP contribution in [0.25, 0.3) is 0 Å². The summed E-state index contributed by atoms with van der Waals surface area (Å²) >= 11 is 0. The Labute approximate surface area is 175 Å². The van der Waals surface area contributed by atoms with Crippen molar-refractivity contribution >= 4 is 11.8 Å². The zero-order valence-electron chi connectivity index (χ0n) is 18.3. The van der Waals surface area contributed by atoms with Crippen LogP contribution in [-0.4, -0.2) is 88.6 Å². The second-order valence-corrected chi connectivity index (χ2v) is 7.03. The fourth-order valence-corrected chi connectivity index (χ4v) is 3.13. The monoisotopic (exact) mass is 406 g/mol. The van der Waals surface area contributed by atoms with Gasteiger partial charge in [-0.2, -0.15) is 0 Å². The number of piperazine rings is 1. The van der Waals surface area contributed by atoms with Crippen molar-refractivity contribution in [2.45, 2.75) is 26.8 Å². The Morgan fingerprint density at radius 3 is 2.59 bits per heavy atom. The average molecular weight is 407 g/mol. The van der Waals surface area contributed by atoms with Crippen LogP contribution in [-0.2, 0) is 16.0 Å². The number of hydrogen-bond donors (Lipinski definition) is 2. The van der Waals surface area contributed by atoms with Crippen LogP contribution in [0.2, 0.25) is 0 Å². The Morgan fingerprint density at radius 1 is 1.10 bits per heavy atom. The van der Waals surface area contributed by atoms with Crippen LogP contribution in [0.4, 0.5) is 5.82 Å². The number of methoxy groups -OCH3 is 1. The fourth-order valence-electron chi connectivity index (χ4n) is 3.13. The Hall–Kier alpha value is -1.90. The molecule has 0 radical (unpaired) electrons. The normalized spacial score (nSPS) is 15.6. The predicted octanol–water partition coefficient (Wildman–Crippen LogP) is 1.33. The van der Waals surface area contributed by atoms with E-state index in [-0.39, 0.29) is 0 Å². The molecule has 1 saturated heterocycles. The highest BCUT2D eigenvalue weighted by atomic mass is 16.5. The quantitative estimate of drug-likeness (QED) is 0.308. The van der Waals surface area contributed by atoms with E-state index in [0.29, 0.717) is 26.4 Å². The van der Waals surface area contributed by atoms with Crippen LogP contribution in [0.1, 0.15) is 25.8 Å². The van der Waals surface area contributed by atoms with Crippen LogP contribution in [0, 0.1) is 0 Å². The Kier molecular flexibility index (Phi) is 11.4. The first-order valence-electron chi connectivity index (χ1n) is 10.8. The van der Waals surface area contributed by atoms with Crippen molar-refractivity contribution in [3.05, 3.63) is 23.9 Å². The number of nitrogens with one attached hydrogen (secondary N) is 2. The molecule has 1 aliphatic heterocycles. The van der Waals surface area contributed by atoms with Crippen molar-refractivity contribution in [3.8, 4) is 0 Å². The number of ether oxygens (including phenoxy) is 2. The number of nitrogens with zero attached hydrogens (tertiary/aromatic N) is 4. The standard InChI is InChI=1S/C21H38N6O2/c1-4-22-21(23-9-6-14-29-16-15-28-3)25-18-19-7-8-20(24-17-19)27-12-10-26(5-2)11-13-27/h7-8,17H,4-6,9-16,18H2,1-3H3,(H2,22,23,25). The predicted molar refractivity (Wildman–Crippen MR) is 119 cm³/mol. The van der Waals surface area contributed by atoms with Gasteiger partial charge in [-0.05, 0) is 31.5 Å². The summed E-state index contributed by atoms with van der Waals surface area (Å²) in [5, 5.41) is 6.63. The first-order valence-corrected chi connectivity index (χ1v) is 10.8. The highest BCUT2D eigenvalue weighted by Crippen LogP contribution is 2.14. The fraction of sp³-hybridized carbons (Fsp3) is 0.714. The molecule has 2 N–H and O–H groups in total. The molecule has 0 aromatic carbocycles. The van der Waals surface area contributed by atoms with Crippen LogP contribution in [0.3, 0.4) is 0 Å². The molecule has 1 aliphatic rings. The SMILES string of the molecule is CCNC(=NCc1ccc(N2CCN(CC)CC2)nc1)NCCCOCCOC. The third-order valence-electron chi connectivity index (χ3n) is 4.91. The molecular weight excluding hydrogens is 368 g/mol. The van der Waals surface area contributed by atoms with Gasteiger partial charge in [-0.25, -0.2) is 9.98 Å². The van der Waals surface area contributed by atoms with Gasteiger partial charge in [0.15, 0.2) is 5.96 Å². The van der Waals surface area contributed by atoms with E-state index in [1.54, 1.807) is 7.11 Å². The second kappa shape index (κ2) is 14.1. The van der Waals surface area contributed by atoms with Gasteiger partial charge in [-0.3, -0.25) is 0 Å². The molecule has 0 unspecified atom stereocenters. The van der Waals surface area contributed by atoms with E-state index in [2.05, 4.69) is 56.4 Å². The molecule has 8 nitrogen and oxygen atoms in total. The zero-order valence-corrected chi connectivity index (χ0v) is 18.3. The largest absolute Gasteiger partial charge is 0.382 e. The third kappa shape index (κ3) is 8.97. The van der Waals surface area contributed by atoms with E-state index in [4.69, 9.17) is 9.47 Å². The minimum atomic E-state index is 0.608. The summed E-state index contributed by atoms with van der Waals surface area (Å²) in [5.41, 5.74) is 1.11. The third-order valence-corrected chi connectivity index (χ3v) is 4.91. The molecule has 29 heavy (non-hydrogen) atoms.